The molecule has 0 spiro atoms. The zero-order chi connectivity index (χ0) is 23.9. The van der Waals surface area contributed by atoms with Gasteiger partial charge in [-0.3, -0.25) is 4.79 Å². The summed E-state index contributed by atoms with van der Waals surface area (Å²) >= 11 is 4.58. The molecule has 4 heteroatoms. The summed E-state index contributed by atoms with van der Waals surface area (Å²) < 4.78 is 0. The molecule has 1 aliphatic rings. The van der Waals surface area contributed by atoms with E-state index < -0.39 is 11.3 Å². The molecule has 0 aliphatic carbocycles. The van der Waals surface area contributed by atoms with Gasteiger partial charge in [0, 0.05) is 0 Å². The summed E-state index contributed by atoms with van der Waals surface area (Å²) in [4.78, 5) is 10.6. The standard InChI is InChI=1S/C30H36BrO2P/c31-34(25-17-9-8-10-18-25,24-16-7-5-3-1-2-4-6-11-23-30(32)33)28-21-14-12-19-26(28)27-20-13-15-22-29(27)34/h8-10,12-15,17-22H,1-7,11,16,23-24H2,(H,32,33). The molecule has 0 unspecified atom stereocenters. The van der Waals surface area contributed by atoms with E-state index >= 15 is 0 Å². The van der Waals surface area contributed by atoms with Gasteiger partial charge in [0.15, 0.2) is 0 Å². The van der Waals surface area contributed by atoms with E-state index in [2.05, 4.69) is 94.4 Å². The van der Waals surface area contributed by atoms with E-state index in [1.54, 1.807) is 0 Å². The molecule has 180 valence electrons. The first-order chi connectivity index (χ1) is 16.6. The van der Waals surface area contributed by atoms with Gasteiger partial charge in [0.1, 0.15) is 0 Å². The number of aliphatic carboxylic acids is 1. The van der Waals surface area contributed by atoms with E-state index in [0.29, 0.717) is 6.42 Å². The Morgan fingerprint density at radius 2 is 1.06 bits per heavy atom. The van der Waals surface area contributed by atoms with Gasteiger partial charge in [-0.05, 0) is 0 Å². The van der Waals surface area contributed by atoms with Crippen molar-refractivity contribution in [2.24, 2.45) is 0 Å². The quantitative estimate of drug-likeness (QED) is 0.178. The molecule has 3 aromatic rings. The zero-order valence-corrected chi connectivity index (χ0v) is 22.4. The van der Waals surface area contributed by atoms with E-state index in [0.717, 1.165) is 25.4 Å². The van der Waals surface area contributed by atoms with Crippen LogP contribution in [0.3, 0.4) is 0 Å². The fourth-order valence-electron chi connectivity index (χ4n) is 5.66. The van der Waals surface area contributed by atoms with Gasteiger partial charge in [-0.25, -0.2) is 0 Å². The third-order valence-electron chi connectivity index (χ3n) is 7.37. The molecule has 4 rings (SSSR count). The number of hydrogen-bond acceptors (Lipinski definition) is 1. The summed E-state index contributed by atoms with van der Waals surface area (Å²) in [7, 11) is 0. The van der Waals surface area contributed by atoms with Crippen molar-refractivity contribution in [3.8, 4) is 11.1 Å². The van der Waals surface area contributed by atoms with Crippen molar-refractivity contribution < 1.29 is 9.90 Å². The fraction of sp³-hybridized carbons (Fsp3) is 0.367. The van der Waals surface area contributed by atoms with Crippen LogP contribution in [0.25, 0.3) is 11.1 Å². The van der Waals surface area contributed by atoms with Crippen LogP contribution in [0.1, 0.15) is 64.2 Å². The maximum atomic E-state index is 10.6. The summed E-state index contributed by atoms with van der Waals surface area (Å²) in [5.41, 5.74) is 2.78. The first-order valence-corrected chi connectivity index (χ1v) is 17.2. The van der Waals surface area contributed by atoms with Crippen LogP contribution >= 0.6 is 20.8 Å². The van der Waals surface area contributed by atoms with Gasteiger partial charge in [-0.15, -0.1) is 0 Å². The van der Waals surface area contributed by atoms with E-state index in [-0.39, 0.29) is 0 Å². The average molecular weight is 539 g/mol. The molecule has 0 saturated heterocycles. The predicted octanol–water partition coefficient (Wildman–Crippen LogP) is 7.79. The van der Waals surface area contributed by atoms with Crippen LogP contribution in [0.5, 0.6) is 0 Å². The Morgan fingerprint density at radius 1 is 0.618 bits per heavy atom. The number of carboxylic acid groups (broad SMARTS) is 1. The van der Waals surface area contributed by atoms with Crippen molar-refractivity contribution in [3.05, 3.63) is 78.9 Å². The third-order valence-corrected chi connectivity index (χ3v) is 17.3. The molecule has 3 aromatic carbocycles. The normalized spacial score (nSPS) is 16.2. The maximum absolute atomic E-state index is 10.6. The Labute approximate surface area is 212 Å². The van der Waals surface area contributed by atoms with Crippen LogP contribution < -0.4 is 15.9 Å². The molecule has 1 heterocycles. The zero-order valence-electron chi connectivity index (χ0n) is 20.0. The van der Waals surface area contributed by atoms with Crippen molar-refractivity contribution in [1.29, 1.82) is 0 Å². The van der Waals surface area contributed by atoms with E-state index in [4.69, 9.17) is 5.11 Å². The predicted molar refractivity (Wildman–Crippen MR) is 152 cm³/mol. The number of fused-ring (bicyclic) bond motifs is 3. The van der Waals surface area contributed by atoms with Gasteiger partial charge < -0.3 is 5.11 Å². The summed E-state index contributed by atoms with van der Waals surface area (Å²) in [6.07, 6.45) is 12.0. The number of hydrogen-bond donors (Lipinski definition) is 1. The van der Waals surface area contributed by atoms with Gasteiger partial charge in [-0.2, -0.15) is 0 Å². The van der Waals surface area contributed by atoms with Crippen molar-refractivity contribution in [3.63, 3.8) is 0 Å². The van der Waals surface area contributed by atoms with Gasteiger partial charge in [0.05, 0.1) is 0 Å². The Bertz CT molecular complexity index is 1070. The molecule has 1 aliphatic heterocycles. The number of rotatable bonds is 13. The topological polar surface area (TPSA) is 37.3 Å². The van der Waals surface area contributed by atoms with Crippen molar-refractivity contribution in [2.45, 2.75) is 64.2 Å². The number of halogens is 1. The number of carboxylic acids is 1. The molecule has 1 N–H and O–H groups in total. The van der Waals surface area contributed by atoms with Gasteiger partial charge in [0.2, 0.25) is 0 Å². The second-order valence-electron chi connectivity index (χ2n) is 9.60. The summed E-state index contributed by atoms with van der Waals surface area (Å²) in [6, 6.07) is 29.2. The number of unbranched alkanes of at least 4 members (excludes halogenated alkanes) is 8. The molecule has 0 atom stereocenters. The van der Waals surface area contributed by atoms with Crippen molar-refractivity contribution >= 4 is 42.7 Å². The minimum absolute atomic E-state index is 0.312. The minimum atomic E-state index is -2.70. The van der Waals surface area contributed by atoms with Gasteiger partial charge in [-0.1, -0.05) is 0 Å². The van der Waals surface area contributed by atoms with Crippen LogP contribution in [-0.2, 0) is 4.79 Å². The molecule has 0 radical (unpaired) electrons. The fourth-order valence-corrected chi connectivity index (χ4v) is 14.3. The van der Waals surface area contributed by atoms with E-state index in [1.807, 2.05) is 0 Å². The first kappa shape index (κ1) is 25.1. The average Bonchev–Trinajstić information content (AvgIpc) is 3.10. The molecule has 0 aromatic heterocycles. The van der Waals surface area contributed by atoms with E-state index in [1.165, 1.54) is 65.6 Å². The SMILES string of the molecule is O=C(O)CCCCCCCCCCCP1(Br)(c2ccccc2)c2ccccc2-c2ccccc21. The molecule has 0 amide bonds. The first-order valence-electron chi connectivity index (χ1n) is 12.8. The number of carbonyl (C=O) groups is 1. The Morgan fingerprint density at radius 3 is 1.59 bits per heavy atom. The van der Waals surface area contributed by atoms with Crippen LogP contribution in [0.2, 0.25) is 0 Å². The Hall–Kier alpha value is -1.96. The van der Waals surface area contributed by atoms with Gasteiger partial charge in [0.25, 0.3) is 0 Å². The molecule has 0 saturated carbocycles. The van der Waals surface area contributed by atoms with Crippen molar-refractivity contribution in [1.82, 2.24) is 0 Å². The summed E-state index contributed by atoms with van der Waals surface area (Å²) in [5.74, 6) is -0.673. The monoisotopic (exact) mass is 538 g/mol. The Kier molecular flexibility index (Phi) is 8.27. The second kappa shape index (κ2) is 11.2. The molecule has 2 nitrogen and oxygen atoms in total. The number of benzene rings is 3. The molecular formula is C30H36BrO2P. The van der Waals surface area contributed by atoms with Crippen LogP contribution in [0.15, 0.2) is 78.9 Å². The summed E-state index contributed by atoms with van der Waals surface area (Å²) in [5, 5.41) is 10.4. The Balaban J connectivity index is 1.44. The van der Waals surface area contributed by atoms with Crippen LogP contribution in [0.4, 0.5) is 0 Å². The molecule has 0 fully saturated rings. The summed E-state index contributed by atoms with van der Waals surface area (Å²) in [6.45, 7) is 0. The van der Waals surface area contributed by atoms with Gasteiger partial charge >= 0.3 is 203 Å². The van der Waals surface area contributed by atoms with Crippen molar-refractivity contribution in [2.75, 3.05) is 6.16 Å². The molecule has 34 heavy (non-hydrogen) atoms. The van der Waals surface area contributed by atoms with Crippen LogP contribution in [0, 0.1) is 0 Å². The molecule has 0 bridgehead atoms. The molecular weight excluding hydrogens is 503 g/mol. The van der Waals surface area contributed by atoms with E-state index in [9.17, 15) is 4.79 Å². The second-order valence-corrected chi connectivity index (χ2v) is 18.6. The van der Waals surface area contributed by atoms with Crippen LogP contribution in [-0.4, -0.2) is 17.2 Å². The third kappa shape index (κ3) is 4.88.